The number of halogens is 3. The molecule has 0 saturated heterocycles. The van der Waals surface area contributed by atoms with E-state index in [1.54, 1.807) is 13.0 Å². The summed E-state index contributed by atoms with van der Waals surface area (Å²) >= 11 is 0. The zero-order valence-electron chi connectivity index (χ0n) is 41.1. The average molecular weight is 892 g/mol. The van der Waals surface area contributed by atoms with Gasteiger partial charge in [0.25, 0.3) is 0 Å². The zero-order chi connectivity index (χ0) is 48.3. The van der Waals surface area contributed by atoms with Gasteiger partial charge in [-0.15, -0.1) is 0 Å². The third-order valence-corrected chi connectivity index (χ3v) is 13.8. The van der Waals surface area contributed by atoms with Crippen LogP contribution in [0.2, 0.25) is 0 Å². The summed E-state index contributed by atoms with van der Waals surface area (Å²) in [6.07, 6.45) is -4.46. The number of hydrogen-bond acceptors (Lipinski definition) is 1. The Hall–Kier alpha value is -6.58. The van der Waals surface area contributed by atoms with Crippen molar-refractivity contribution in [2.45, 2.75) is 118 Å². The van der Waals surface area contributed by atoms with Crippen molar-refractivity contribution in [1.29, 1.82) is 5.26 Å². The second-order valence-electron chi connectivity index (χ2n) is 22.7. The molecule has 0 aliphatic rings. The Morgan fingerprint density at radius 3 is 1.07 bits per heavy atom. The third kappa shape index (κ3) is 8.01. The number of hydrogen-bond donors (Lipinski definition) is 0. The van der Waals surface area contributed by atoms with Gasteiger partial charge in [-0.3, -0.25) is 0 Å². The molecule has 0 spiro atoms. The highest BCUT2D eigenvalue weighted by Crippen LogP contribution is 2.45. The maximum atomic E-state index is 14.0. The number of fused-ring (bicyclic) bond motifs is 6. The SMILES string of the molecule is Cc1cc(C(F)(F)F)ccc1-c1ccc(-c2ccc(C#N)cc2-n2c3ccc(C(C)(C)C)cc3c3cc(C(C)(C)C)ccc32)c(-n2c3ccc(C(C)(C)C)cc3c3cc(C(C)(C)C)ccc32)c1. The summed E-state index contributed by atoms with van der Waals surface area (Å²) in [4.78, 5) is 0. The zero-order valence-corrected chi connectivity index (χ0v) is 41.1. The smallest absolute Gasteiger partial charge is 0.309 e. The van der Waals surface area contributed by atoms with Crippen LogP contribution in [0.5, 0.6) is 0 Å². The van der Waals surface area contributed by atoms with Gasteiger partial charge >= 0.3 is 6.18 Å². The van der Waals surface area contributed by atoms with Gasteiger partial charge in [-0.05, 0) is 146 Å². The summed E-state index contributed by atoms with van der Waals surface area (Å²) in [6, 6.07) is 45.7. The molecule has 67 heavy (non-hydrogen) atoms. The second-order valence-corrected chi connectivity index (χ2v) is 22.7. The standard InChI is InChI=1S/C61H60F3N3/c1-36-28-43(61(62,63)64)16-23-44(36)38-15-22-46(56(30-38)67-53-26-19-41(59(8,9)10)33-49(53)50-34-42(60(11,12)13)20-27-54(50)67)45-21-14-37(35-65)29-55(45)66-51-24-17-39(57(2,3)4)31-47(51)48-32-40(58(5,6)7)18-25-52(48)66/h14-34H,1-13H3. The number of nitriles is 1. The van der Waals surface area contributed by atoms with Crippen molar-refractivity contribution in [3.63, 3.8) is 0 Å². The maximum absolute atomic E-state index is 14.0. The minimum absolute atomic E-state index is 0.0815. The van der Waals surface area contributed by atoms with Gasteiger partial charge < -0.3 is 9.13 Å². The predicted molar refractivity (Wildman–Crippen MR) is 275 cm³/mol. The highest BCUT2D eigenvalue weighted by atomic mass is 19.4. The number of nitrogens with zero attached hydrogens (tertiary/aromatic N) is 3. The number of aromatic nitrogens is 2. The summed E-state index contributed by atoms with van der Waals surface area (Å²) in [5, 5.41) is 15.1. The summed E-state index contributed by atoms with van der Waals surface area (Å²) in [7, 11) is 0. The topological polar surface area (TPSA) is 33.6 Å². The number of aryl methyl sites for hydroxylation is 1. The van der Waals surface area contributed by atoms with Gasteiger partial charge in [0.05, 0.1) is 50.6 Å². The Bertz CT molecular complexity index is 3360. The Labute approximate surface area is 393 Å². The fourth-order valence-electron chi connectivity index (χ4n) is 9.72. The van der Waals surface area contributed by atoms with E-state index in [1.165, 1.54) is 34.4 Å². The Morgan fingerprint density at radius 1 is 0.388 bits per heavy atom. The monoisotopic (exact) mass is 891 g/mol. The van der Waals surface area contributed by atoms with Gasteiger partial charge in [0.2, 0.25) is 0 Å². The van der Waals surface area contributed by atoms with Crippen LogP contribution in [0.15, 0.2) is 127 Å². The Kier molecular flexibility index (Phi) is 10.5. The van der Waals surface area contributed by atoms with Crippen molar-refractivity contribution in [3.8, 4) is 39.7 Å². The average Bonchev–Trinajstić information content (AvgIpc) is 3.76. The molecule has 0 fully saturated rings. The summed E-state index contributed by atoms with van der Waals surface area (Å²) < 4.78 is 46.7. The molecule has 2 heterocycles. The van der Waals surface area contributed by atoms with Crippen LogP contribution in [-0.4, -0.2) is 9.13 Å². The first-order chi connectivity index (χ1) is 31.2. The molecular formula is C61H60F3N3. The van der Waals surface area contributed by atoms with Crippen LogP contribution in [0.1, 0.15) is 122 Å². The highest BCUT2D eigenvalue weighted by Gasteiger charge is 2.31. The lowest BCUT2D eigenvalue weighted by Gasteiger charge is -2.22. The predicted octanol–water partition coefficient (Wildman–Crippen LogP) is 17.6. The van der Waals surface area contributed by atoms with E-state index in [0.717, 1.165) is 77.2 Å². The van der Waals surface area contributed by atoms with Crippen LogP contribution in [-0.2, 0) is 27.8 Å². The van der Waals surface area contributed by atoms with Gasteiger partial charge in [0, 0.05) is 32.7 Å². The minimum Gasteiger partial charge on any atom is -0.309 e. The summed E-state index contributed by atoms with van der Waals surface area (Å²) in [5.74, 6) is 0. The van der Waals surface area contributed by atoms with Crippen molar-refractivity contribution in [1.82, 2.24) is 9.13 Å². The quantitative estimate of drug-likeness (QED) is 0.173. The van der Waals surface area contributed by atoms with Gasteiger partial charge in [-0.2, -0.15) is 18.4 Å². The molecule has 0 amide bonds. The molecule has 0 aliphatic heterocycles. The first-order valence-corrected chi connectivity index (χ1v) is 23.3. The van der Waals surface area contributed by atoms with E-state index in [9.17, 15) is 18.4 Å². The molecule has 0 radical (unpaired) electrons. The largest absolute Gasteiger partial charge is 0.416 e. The molecule has 340 valence electrons. The fourth-order valence-corrected chi connectivity index (χ4v) is 9.72. The highest BCUT2D eigenvalue weighted by molar-refractivity contribution is 6.12. The van der Waals surface area contributed by atoms with Crippen molar-refractivity contribution in [2.24, 2.45) is 0 Å². The van der Waals surface area contributed by atoms with Crippen molar-refractivity contribution < 1.29 is 13.2 Å². The number of benzene rings is 7. The molecule has 2 aromatic heterocycles. The van der Waals surface area contributed by atoms with Gasteiger partial charge in [0.1, 0.15) is 0 Å². The van der Waals surface area contributed by atoms with E-state index < -0.39 is 11.7 Å². The van der Waals surface area contributed by atoms with Crippen molar-refractivity contribution in [3.05, 3.63) is 166 Å². The van der Waals surface area contributed by atoms with Crippen LogP contribution >= 0.6 is 0 Å². The Morgan fingerprint density at radius 2 is 0.731 bits per heavy atom. The van der Waals surface area contributed by atoms with Crippen molar-refractivity contribution in [2.75, 3.05) is 0 Å². The lowest BCUT2D eigenvalue weighted by Crippen LogP contribution is -2.10. The first-order valence-electron chi connectivity index (χ1n) is 23.3. The molecule has 0 atom stereocenters. The molecule has 0 unspecified atom stereocenters. The van der Waals surface area contributed by atoms with Crippen LogP contribution in [0.4, 0.5) is 13.2 Å². The van der Waals surface area contributed by atoms with Crippen molar-refractivity contribution >= 4 is 43.6 Å². The van der Waals surface area contributed by atoms with E-state index in [1.807, 2.05) is 18.2 Å². The van der Waals surface area contributed by atoms with Gasteiger partial charge in [0.15, 0.2) is 0 Å². The second kappa shape index (κ2) is 15.5. The molecule has 9 aromatic rings. The van der Waals surface area contributed by atoms with Crippen LogP contribution < -0.4 is 0 Å². The van der Waals surface area contributed by atoms with Crippen LogP contribution in [0.3, 0.4) is 0 Å². The molecule has 0 bridgehead atoms. The van der Waals surface area contributed by atoms with E-state index >= 15 is 0 Å². The minimum atomic E-state index is -4.46. The van der Waals surface area contributed by atoms with E-state index in [-0.39, 0.29) is 21.7 Å². The molecule has 0 N–H and O–H groups in total. The maximum Gasteiger partial charge on any atom is 0.416 e. The fraction of sp³-hybridized carbons (Fsp3) is 0.295. The molecular weight excluding hydrogens is 832 g/mol. The summed E-state index contributed by atoms with van der Waals surface area (Å²) in [6.45, 7) is 28.6. The number of rotatable bonds is 4. The Balaban J connectivity index is 1.42. The molecule has 7 aromatic carbocycles. The molecule has 3 nitrogen and oxygen atoms in total. The van der Waals surface area contributed by atoms with E-state index in [2.05, 4.69) is 189 Å². The van der Waals surface area contributed by atoms with Crippen LogP contribution in [0.25, 0.3) is 77.2 Å². The lowest BCUT2D eigenvalue weighted by atomic mass is 9.85. The molecule has 9 rings (SSSR count). The normalized spacial score (nSPS) is 13.1. The third-order valence-electron chi connectivity index (χ3n) is 13.8. The molecule has 0 aliphatic carbocycles. The molecule has 0 saturated carbocycles. The number of alkyl halides is 3. The molecule has 6 heteroatoms. The van der Waals surface area contributed by atoms with Gasteiger partial charge in [-0.25, -0.2) is 0 Å². The van der Waals surface area contributed by atoms with Gasteiger partial charge in [-0.1, -0.05) is 132 Å². The summed E-state index contributed by atoms with van der Waals surface area (Å²) in [5.41, 5.74) is 14.1. The van der Waals surface area contributed by atoms with E-state index in [4.69, 9.17) is 0 Å². The van der Waals surface area contributed by atoms with Crippen LogP contribution in [0, 0.1) is 18.3 Å². The lowest BCUT2D eigenvalue weighted by molar-refractivity contribution is -0.137. The van der Waals surface area contributed by atoms with E-state index in [0.29, 0.717) is 11.1 Å². The first kappa shape index (κ1) is 45.6.